The topological polar surface area (TPSA) is 46.6 Å². The first kappa shape index (κ1) is 11.2. The molecule has 1 fully saturated rings. The van der Waals surface area contributed by atoms with Gasteiger partial charge in [0.15, 0.2) is 0 Å². The number of imide groups is 1. The van der Waals surface area contributed by atoms with Gasteiger partial charge in [-0.05, 0) is 12.8 Å². The zero-order valence-electron chi connectivity index (χ0n) is 8.78. The SMILES string of the molecule is CCCC(CC)ON1C(=O)CCC1=O. The zero-order valence-corrected chi connectivity index (χ0v) is 8.78. The van der Waals surface area contributed by atoms with E-state index in [1.807, 2.05) is 6.92 Å². The third-order valence-electron chi connectivity index (χ3n) is 2.33. The molecule has 0 saturated carbocycles. The Kier molecular flexibility index (Phi) is 4.07. The molecule has 0 aromatic carbocycles. The van der Waals surface area contributed by atoms with Gasteiger partial charge in [0.1, 0.15) is 0 Å². The lowest BCUT2D eigenvalue weighted by Crippen LogP contribution is -2.33. The average molecular weight is 199 g/mol. The van der Waals surface area contributed by atoms with Crippen LogP contribution < -0.4 is 0 Å². The Morgan fingerprint density at radius 1 is 1.29 bits per heavy atom. The highest BCUT2D eigenvalue weighted by Gasteiger charge is 2.31. The Morgan fingerprint density at radius 2 is 1.86 bits per heavy atom. The monoisotopic (exact) mass is 199 g/mol. The molecule has 4 heteroatoms. The van der Waals surface area contributed by atoms with Crippen LogP contribution in [0.4, 0.5) is 0 Å². The summed E-state index contributed by atoms with van der Waals surface area (Å²) in [6.07, 6.45) is 3.28. The third kappa shape index (κ3) is 2.54. The molecule has 2 amide bonds. The summed E-state index contributed by atoms with van der Waals surface area (Å²) in [5.41, 5.74) is 0. The average Bonchev–Trinajstić information content (AvgIpc) is 2.48. The molecule has 1 saturated heterocycles. The van der Waals surface area contributed by atoms with Crippen molar-refractivity contribution in [3.05, 3.63) is 0 Å². The Balaban J connectivity index is 2.48. The van der Waals surface area contributed by atoms with E-state index in [1.54, 1.807) is 0 Å². The molecular formula is C10H17NO3. The first-order valence-corrected chi connectivity index (χ1v) is 5.21. The number of nitrogens with zero attached hydrogens (tertiary/aromatic N) is 1. The van der Waals surface area contributed by atoms with Gasteiger partial charge in [0.05, 0.1) is 6.10 Å². The van der Waals surface area contributed by atoms with E-state index in [2.05, 4.69) is 6.92 Å². The third-order valence-corrected chi connectivity index (χ3v) is 2.33. The number of amides is 2. The second-order valence-corrected chi connectivity index (χ2v) is 3.51. The van der Waals surface area contributed by atoms with Gasteiger partial charge < -0.3 is 0 Å². The predicted molar refractivity (Wildman–Crippen MR) is 51.2 cm³/mol. The van der Waals surface area contributed by atoms with Gasteiger partial charge in [-0.25, -0.2) is 0 Å². The fourth-order valence-corrected chi connectivity index (χ4v) is 1.48. The maximum absolute atomic E-state index is 11.2. The largest absolute Gasteiger partial charge is 0.272 e. The van der Waals surface area contributed by atoms with E-state index in [0.717, 1.165) is 24.3 Å². The molecule has 14 heavy (non-hydrogen) atoms. The van der Waals surface area contributed by atoms with E-state index in [-0.39, 0.29) is 17.9 Å². The smallest absolute Gasteiger partial charge is 0.254 e. The number of carbonyl (C=O) groups is 2. The van der Waals surface area contributed by atoms with Crippen LogP contribution in [0.25, 0.3) is 0 Å². The fraction of sp³-hybridized carbons (Fsp3) is 0.800. The van der Waals surface area contributed by atoms with Gasteiger partial charge in [-0.15, -0.1) is 0 Å². The molecule has 1 unspecified atom stereocenters. The van der Waals surface area contributed by atoms with E-state index in [9.17, 15) is 9.59 Å². The van der Waals surface area contributed by atoms with Crippen LogP contribution in [-0.4, -0.2) is 23.0 Å². The van der Waals surface area contributed by atoms with E-state index in [4.69, 9.17) is 4.84 Å². The van der Waals surface area contributed by atoms with Crippen molar-refractivity contribution in [1.29, 1.82) is 0 Å². The van der Waals surface area contributed by atoms with Gasteiger partial charge in [0.25, 0.3) is 11.8 Å². The van der Waals surface area contributed by atoms with E-state index in [1.165, 1.54) is 0 Å². The Morgan fingerprint density at radius 3 is 2.29 bits per heavy atom. The molecule has 0 N–H and O–H groups in total. The lowest BCUT2D eigenvalue weighted by molar-refractivity contribution is -0.203. The molecule has 0 spiro atoms. The summed E-state index contributed by atoms with van der Waals surface area (Å²) in [6, 6.07) is 0. The second kappa shape index (κ2) is 5.10. The fourth-order valence-electron chi connectivity index (χ4n) is 1.48. The summed E-state index contributed by atoms with van der Waals surface area (Å²) >= 11 is 0. The van der Waals surface area contributed by atoms with Crippen molar-refractivity contribution in [2.75, 3.05) is 0 Å². The Labute approximate surface area is 84.2 Å². The summed E-state index contributed by atoms with van der Waals surface area (Å²) in [5.74, 6) is -0.408. The minimum atomic E-state index is -0.204. The minimum absolute atomic E-state index is 0.00833. The van der Waals surface area contributed by atoms with Crippen LogP contribution in [0.1, 0.15) is 46.0 Å². The van der Waals surface area contributed by atoms with E-state index >= 15 is 0 Å². The predicted octanol–water partition coefficient (Wildman–Crippen LogP) is 1.65. The van der Waals surface area contributed by atoms with Crippen LogP contribution in [0.2, 0.25) is 0 Å². The molecule has 1 heterocycles. The Hall–Kier alpha value is -0.900. The number of rotatable bonds is 5. The first-order valence-electron chi connectivity index (χ1n) is 5.21. The van der Waals surface area contributed by atoms with Gasteiger partial charge >= 0.3 is 0 Å². The van der Waals surface area contributed by atoms with Crippen molar-refractivity contribution >= 4 is 11.8 Å². The molecule has 80 valence electrons. The number of hydrogen-bond acceptors (Lipinski definition) is 3. The molecule has 0 radical (unpaired) electrons. The summed E-state index contributed by atoms with van der Waals surface area (Å²) in [7, 11) is 0. The number of hydrogen-bond donors (Lipinski definition) is 0. The summed E-state index contributed by atoms with van der Waals surface area (Å²) < 4.78 is 0. The lowest BCUT2D eigenvalue weighted by Gasteiger charge is -2.20. The van der Waals surface area contributed by atoms with Crippen LogP contribution in [0.3, 0.4) is 0 Å². The van der Waals surface area contributed by atoms with Gasteiger partial charge in [0, 0.05) is 12.8 Å². The number of hydroxylamine groups is 2. The second-order valence-electron chi connectivity index (χ2n) is 3.51. The maximum Gasteiger partial charge on any atom is 0.254 e. The van der Waals surface area contributed by atoms with Crippen molar-refractivity contribution in [3.8, 4) is 0 Å². The van der Waals surface area contributed by atoms with Crippen LogP contribution in [-0.2, 0) is 14.4 Å². The van der Waals surface area contributed by atoms with Crippen LogP contribution in [0.5, 0.6) is 0 Å². The van der Waals surface area contributed by atoms with E-state index < -0.39 is 0 Å². The molecule has 1 aliphatic heterocycles. The van der Waals surface area contributed by atoms with Crippen LogP contribution >= 0.6 is 0 Å². The molecule has 1 aliphatic rings. The molecular weight excluding hydrogens is 182 g/mol. The van der Waals surface area contributed by atoms with Crippen LogP contribution in [0.15, 0.2) is 0 Å². The van der Waals surface area contributed by atoms with Crippen molar-refractivity contribution in [3.63, 3.8) is 0 Å². The molecule has 4 nitrogen and oxygen atoms in total. The lowest BCUT2D eigenvalue weighted by atomic mass is 10.2. The van der Waals surface area contributed by atoms with Gasteiger partial charge in [0.2, 0.25) is 0 Å². The van der Waals surface area contributed by atoms with Gasteiger partial charge in [-0.2, -0.15) is 5.06 Å². The quantitative estimate of drug-likeness (QED) is 0.632. The molecule has 1 atom stereocenters. The highest BCUT2D eigenvalue weighted by molar-refractivity contribution is 6.00. The van der Waals surface area contributed by atoms with Crippen LogP contribution in [0, 0.1) is 0 Å². The number of carbonyl (C=O) groups excluding carboxylic acids is 2. The minimum Gasteiger partial charge on any atom is -0.272 e. The van der Waals surface area contributed by atoms with Gasteiger partial charge in [-0.1, -0.05) is 20.3 Å². The first-order chi connectivity index (χ1) is 6.69. The summed E-state index contributed by atoms with van der Waals surface area (Å²) in [6.45, 7) is 4.05. The molecule has 0 bridgehead atoms. The standard InChI is InChI=1S/C10H17NO3/c1-3-5-8(4-2)14-11-9(12)6-7-10(11)13/h8H,3-7H2,1-2H3. The maximum atomic E-state index is 11.2. The van der Waals surface area contributed by atoms with Crippen molar-refractivity contribution in [2.45, 2.75) is 52.1 Å². The highest BCUT2D eigenvalue weighted by atomic mass is 16.7. The Bertz CT molecular complexity index is 211. The van der Waals surface area contributed by atoms with E-state index in [0.29, 0.717) is 12.8 Å². The van der Waals surface area contributed by atoms with Crippen molar-refractivity contribution in [1.82, 2.24) is 5.06 Å². The summed E-state index contributed by atoms with van der Waals surface area (Å²) in [5, 5.41) is 0.948. The molecule has 0 aliphatic carbocycles. The zero-order chi connectivity index (χ0) is 10.6. The normalized spacial score (nSPS) is 19.1. The van der Waals surface area contributed by atoms with Gasteiger partial charge in [-0.3, -0.25) is 14.4 Å². The molecule has 0 aromatic heterocycles. The summed E-state index contributed by atoms with van der Waals surface area (Å²) in [4.78, 5) is 27.8. The molecule has 0 aromatic rings. The van der Waals surface area contributed by atoms with Crippen molar-refractivity contribution in [2.24, 2.45) is 0 Å². The van der Waals surface area contributed by atoms with Crippen molar-refractivity contribution < 1.29 is 14.4 Å². The highest BCUT2D eigenvalue weighted by Crippen LogP contribution is 2.16. The molecule has 1 rings (SSSR count).